The van der Waals surface area contributed by atoms with Crippen molar-refractivity contribution in [2.75, 3.05) is 74.5 Å². The predicted octanol–water partition coefficient (Wildman–Crippen LogP) is 13.1. The minimum Gasteiger partial charge on any atom is -0.367 e. The van der Waals surface area contributed by atoms with E-state index in [2.05, 4.69) is 162 Å². The van der Waals surface area contributed by atoms with Crippen molar-refractivity contribution >= 4 is 73.9 Å². The number of fused-ring (bicyclic) bond motifs is 3. The van der Waals surface area contributed by atoms with Gasteiger partial charge in [-0.2, -0.15) is 0 Å². The van der Waals surface area contributed by atoms with Crippen LogP contribution in [0.3, 0.4) is 0 Å². The van der Waals surface area contributed by atoms with E-state index in [4.69, 9.17) is 9.97 Å². The number of piperazine rings is 1. The number of pyridine rings is 1. The van der Waals surface area contributed by atoms with Crippen molar-refractivity contribution in [1.29, 1.82) is 0 Å². The van der Waals surface area contributed by atoms with Crippen molar-refractivity contribution in [2.24, 2.45) is 11.8 Å². The number of hydrogen-bond donors (Lipinski definition) is 2. The van der Waals surface area contributed by atoms with Gasteiger partial charge in [0.2, 0.25) is 0 Å². The first-order chi connectivity index (χ1) is 37.8. The maximum atomic E-state index is 14.9. The van der Waals surface area contributed by atoms with Gasteiger partial charge < -0.3 is 29.9 Å². The molecule has 11 rings (SSSR count). The zero-order chi connectivity index (χ0) is 54.6. The summed E-state index contributed by atoms with van der Waals surface area (Å²) < 4.78 is 18.2. The highest BCUT2D eigenvalue weighted by molar-refractivity contribution is 7.22. The maximum Gasteiger partial charge on any atom is 0.188 e. The van der Waals surface area contributed by atoms with Gasteiger partial charge in [-0.3, -0.25) is 4.90 Å². The number of likely N-dealkylation sites (tertiary alicyclic amines) is 1. The van der Waals surface area contributed by atoms with Crippen LogP contribution in [0.25, 0.3) is 57.0 Å². The lowest BCUT2D eigenvalue weighted by molar-refractivity contribution is 0.159. The summed E-state index contributed by atoms with van der Waals surface area (Å²) in [5.74, 6) is 2.41. The highest BCUT2D eigenvalue weighted by Crippen LogP contribution is 2.36. The second-order valence-corrected chi connectivity index (χ2v) is 23.1. The van der Waals surface area contributed by atoms with Crippen molar-refractivity contribution in [1.82, 2.24) is 29.7 Å². The SMILES string of the molecule is C=C1CCC(n2c(=C)c3cc(F)c(N4CCN(C)CC4)cc3c2=C)C(=C)N1.C=CCN1CCC(C(C)CCCc2cccc(-c3ccc(N4CCc5cccc(C(=C)Nc6nc7ccccc7s6)c5C4)nc3C=C)c2C)CC1. The summed E-state index contributed by atoms with van der Waals surface area (Å²) >= 11 is 1.66. The summed E-state index contributed by atoms with van der Waals surface area (Å²) in [6, 6.07) is 29.6. The molecule has 0 aliphatic carbocycles. The van der Waals surface area contributed by atoms with Gasteiger partial charge in [-0.1, -0.05) is 119 Å². The van der Waals surface area contributed by atoms with Crippen molar-refractivity contribution in [3.8, 4) is 11.1 Å². The zero-order valence-electron chi connectivity index (χ0n) is 46.4. The van der Waals surface area contributed by atoms with Crippen LogP contribution in [0.4, 0.5) is 21.0 Å². The Labute approximate surface area is 466 Å². The number of anilines is 3. The predicted molar refractivity (Wildman–Crippen MR) is 331 cm³/mol. The molecule has 404 valence electrons. The summed E-state index contributed by atoms with van der Waals surface area (Å²) in [5, 5.41) is 11.1. The fourth-order valence-electron chi connectivity index (χ4n) is 12.5. The summed E-state index contributed by atoms with van der Waals surface area (Å²) in [5.41, 5.74) is 14.3. The van der Waals surface area contributed by atoms with Gasteiger partial charge in [-0.15, -0.1) is 6.58 Å². The Hall–Kier alpha value is -7.05. The molecule has 2 atom stereocenters. The molecule has 2 unspecified atom stereocenters. The normalized spacial score (nSPS) is 17.8. The topological polar surface area (TPSA) is 67.7 Å². The highest BCUT2D eigenvalue weighted by Gasteiger charge is 2.27. The Balaban J connectivity index is 0.000000213. The highest BCUT2D eigenvalue weighted by atomic mass is 32.1. The average molecular weight is 1060 g/mol. The van der Waals surface area contributed by atoms with Crippen LogP contribution in [0.15, 0.2) is 135 Å². The molecule has 9 nitrogen and oxygen atoms in total. The van der Waals surface area contributed by atoms with Gasteiger partial charge in [0.25, 0.3) is 0 Å². The van der Waals surface area contributed by atoms with Crippen LogP contribution in [-0.2, 0) is 19.4 Å². The average Bonchev–Trinajstić information content (AvgIpc) is 4.09. The minimum absolute atomic E-state index is 0.0537. The molecular weight excluding hydrogens is 982 g/mol. The maximum absolute atomic E-state index is 14.9. The second kappa shape index (κ2) is 23.9. The number of nitrogens with one attached hydrogen (secondary N) is 2. The Morgan fingerprint density at radius 2 is 1.59 bits per heavy atom. The van der Waals surface area contributed by atoms with Crippen LogP contribution < -0.4 is 31.1 Å². The van der Waals surface area contributed by atoms with E-state index < -0.39 is 0 Å². The van der Waals surface area contributed by atoms with Gasteiger partial charge in [0, 0.05) is 95.5 Å². The van der Waals surface area contributed by atoms with E-state index in [1.165, 1.54) is 71.3 Å². The van der Waals surface area contributed by atoms with Crippen LogP contribution in [-0.4, -0.2) is 83.7 Å². The Morgan fingerprint density at radius 1 is 0.833 bits per heavy atom. The first kappa shape index (κ1) is 54.3. The first-order valence-electron chi connectivity index (χ1n) is 28.1. The van der Waals surface area contributed by atoms with Crippen molar-refractivity contribution < 1.29 is 4.39 Å². The number of thiazole rings is 1. The fourth-order valence-corrected chi connectivity index (χ4v) is 13.4. The Morgan fingerprint density at radius 3 is 2.33 bits per heavy atom. The molecule has 4 aliphatic heterocycles. The molecule has 4 aliphatic rings. The lowest BCUT2D eigenvalue weighted by Gasteiger charge is -2.34. The van der Waals surface area contributed by atoms with Gasteiger partial charge >= 0.3 is 0 Å². The molecule has 7 heterocycles. The summed E-state index contributed by atoms with van der Waals surface area (Å²) in [7, 11) is 2.10. The monoisotopic (exact) mass is 1060 g/mol. The first-order valence-corrected chi connectivity index (χ1v) is 28.9. The number of para-hydroxylation sites is 1. The summed E-state index contributed by atoms with van der Waals surface area (Å²) in [4.78, 5) is 19.3. The van der Waals surface area contributed by atoms with E-state index in [1.807, 2.05) is 30.4 Å². The summed E-state index contributed by atoms with van der Waals surface area (Å²) in [6.45, 7) is 42.7. The Kier molecular flexibility index (Phi) is 16.6. The lowest BCUT2D eigenvalue weighted by atomic mass is 9.82. The van der Waals surface area contributed by atoms with Gasteiger partial charge in [-0.05, 0) is 154 Å². The van der Waals surface area contributed by atoms with E-state index in [1.54, 1.807) is 17.4 Å². The molecule has 0 saturated carbocycles. The van der Waals surface area contributed by atoms with Crippen LogP contribution in [0.5, 0.6) is 0 Å². The van der Waals surface area contributed by atoms with Crippen LogP contribution >= 0.6 is 11.3 Å². The van der Waals surface area contributed by atoms with Gasteiger partial charge in [0.05, 0.1) is 27.6 Å². The molecule has 0 amide bonds. The standard InChI is InChI=1S/C45H51N5S.C22H27FN4/c1-6-26-49-27-23-34(24-28-49)31(3)13-10-14-35-15-11-17-37(32(35)4)39-21-22-44(47-41(39)7-2)50-29-25-36-16-12-18-38(40(36)30-50)33(5)46-45-48-42-19-8-9-20-43(42)51-45;1-14-6-7-21(15(2)24-14)27-16(3)18-12-20(23)22(13-19(18)17(27)4)26-10-8-25(5)9-11-26/h6-9,11-12,15-22,31,34H,1-2,5,10,13-14,23-30H2,3-4H3,(H,46,48);12-13,21,24H,1-4,6-11H2,5H3. The van der Waals surface area contributed by atoms with E-state index in [0.717, 1.165) is 155 Å². The van der Waals surface area contributed by atoms with E-state index >= 15 is 0 Å². The lowest BCUT2D eigenvalue weighted by Crippen LogP contribution is -2.44. The van der Waals surface area contributed by atoms with Crippen molar-refractivity contribution in [3.05, 3.63) is 185 Å². The smallest absolute Gasteiger partial charge is 0.188 e. The van der Waals surface area contributed by atoms with E-state index in [0.29, 0.717) is 5.69 Å². The Bertz CT molecular complexity index is 3470. The number of nitrogens with zero attached hydrogens (tertiary/aromatic N) is 7. The molecule has 11 heteroatoms. The van der Waals surface area contributed by atoms with Crippen LogP contribution in [0.2, 0.25) is 0 Å². The molecular formula is C67H78FN9S. The van der Waals surface area contributed by atoms with Crippen LogP contribution in [0, 0.1) is 24.6 Å². The van der Waals surface area contributed by atoms with Gasteiger partial charge in [0.1, 0.15) is 11.6 Å². The molecule has 3 fully saturated rings. The molecule has 0 bridgehead atoms. The fraction of sp³-hybridized carbons (Fsp3) is 0.343. The number of allylic oxidation sites excluding steroid dienone is 2. The van der Waals surface area contributed by atoms with E-state index in [9.17, 15) is 4.39 Å². The number of benzene rings is 4. The molecule has 4 aromatic carbocycles. The number of halogens is 1. The number of aromatic nitrogens is 3. The second-order valence-electron chi connectivity index (χ2n) is 22.1. The number of likely N-dealkylation sites (N-methyl/N-ethyl adjacent to an activating group) is 1. The summed E-state index contributed by atoms with van der Waals surface area (Å²) in [6.07, 6.45) is 12.9. The molecule has 3 saturated heterocycles. The number of rotatable bonds is 15. The van der Waals surface area contributed by atoms with Crippen LogP contribution in [0.1, 0.15) is 85.0 Å². The van der Waals surface area contributed by atoms with E-state index in [-0.39, 0.29) is 11.9 Å². The third kappa shape index (κ3) is 11.6. The minimum atomic E-state index is -0.192. The van der Waals surface area contributed by atoms with Gasteiger partial charge in [0.15, 0.2) is 5.13 Å². The number of piperidine rings is 2. The van der Waals surface area contributed by atoms with Gasteiger partial charge in [-0.25, -0.2) is 14.4 Å². The molecule has 3 aromatic heterocycles. The van der Waals surface area contributed by atoms with Crippen molar-refractivity contribution in [3.63, 3.8) is 0 Å². The molecule has 7 aromatic rings. The zero-order valence-corrected chi connectivity index (χ0v) is 47.2. The third-order valence-electron chi connectivity index (χ3n) is 17.1. The molecule has 78 heavy (non-hydrogen) atoms. The number of hydrogen-bond acceptors (Lipinski definition) is 9. The molecule has 0 spiro atoms. The van der Waals surface area contributed by atoms with Crippen molar-refractivity contribution in [2.45, 2.75) is 77.8 Å². The quantitative estimate of drug-likeness (QED) is 0.0985. The third-order valence-corrected chi connectivity index (χ3v) is 18.1. The number of aryl methyl sites for hydroxylation is 1. The largest absolute Gasteiger partial charge is 0.367 e. The molecule has 2 N–H and O–H groups in total. The molecule has 0 radical (unpaired) electrons.